The van der Waals surface area contributed by atoms with Gasteiger partial charge < -0.3 is 24.7 Å². The first-order valence-electron chi connectivity index (χ1n) is 6.41. The summed E-state index contributed by atoms with van der Waals surface area (Å²) in [5, 5.41) is 0. The van der Waals surface area contributed by atoms with Crippen LogP contribution in [0.15, 0.2) is 18.2 Å². The number of rotatable bonds is 6. The van der Waals surface area contributed by atoms with E-state index in [9.17, 15) is 0 Å². The highest BCUT2D eigenvalue weighted by molar-refractivity contribution is 5.42. The second-order valence-electron chi connectivity index (χ2n) is 4.53. The van der Waals surface area contributed by atoms with Crippen molar-refractivity contribution in [1.82, 2.24) is 0 Å². The molecule has 0 saturated carbocycles. The van der Waals surface area contributed by atoms with Gasteiger partial charge in [-0.3, -0.25) is 0 Å². The summed E-state index contributed by atoms with van der Waals surface area (Å²) in [6.45, 7) is 1.88. The smallest absolute Gasteiger partial charge is 0.127 e. The Labute approximate surface area is 113 Å². The molecule has 0 spiro atoms. The SMILES string of the molecule is COc1ccc(C(N)COC2CCOC2)c(OC)c1. The summed E-state index contributed by atoms with van der Waals surface area (Å²) in [6, 6.07) is 5.39. The van der Waals surface area contributed by atoms with Crippen LogP contribution in [0.4, 0.5) is 0 Å². The molecule has 1 aromatic rings. The van der Waals surface area contributed by atoms with Gasteiger partial charge in [-0.2, -0.15) is 0 Å². The van der Waals surface area contributed by atoms with Gasteiger partial charge in [-0.25, -0.2) is 0 Å². The van der Waals surface area contributed by atoms with Crippen molar-refractivity contribution in [3.63, 3.8) is 0 Å². The average molecular weight is 267 g/mol. The van der Waals surface area contributed by atoms with Gasteiger partial charge in [0.05, 0.1) is 39.6 Å². The number of nitrogens with two attached hydrogens (primary N) is 1. The zero-order valence-electron chi connectivity index (χ0n) is 11.4. The van der Waals surface area contributed by atoms with Crippen molar-refractivity contribution < 1.29 is 18.9 Å². The third kappa shape index (κ3) is 3.59. The van der Waals surface area contributed by atoms with E-state index in [1.807, 2.05) is 18.2 Å². The molecule has 5 nitrogen and oxygen atoms in total. The van der Waals surface area contributed by atoms with E-state index in [1.165, 1.54) is 0 Å². The molecule has 1 fully saturated rings. The summed E-state index contributed by atoms with van der Waals surface area (Å²) in [5.41, 5.74) is 7.07. The fourth-order valence-corrected chi connectivity index (χ4v) is 2.10. The van der Waals surface area contributed by atoms with Gasteiger partial charge in [0, 0.05) is 18.2 Å². The van der Waals surface area contributed by atoms with Crippen molar-refractivity contribution in [3.05, 3.63) is 23.8 Å². The predicted octanol–water partition coefficient (Wildman–Crippen LogP) is 1.51. The fourth-order valence-electron chi connectivity index (χ4n) is 2.10. The van der Waals surface area contributed by atoms with Crippen LogP contribution in [0.1, 0.15) is 18.0 Å². The maximum Gasteiger partial charge on any atom is 0.127 e. The van der Waals surface area contributed by atoms with E-state index >= 15 is 0 Å². The summed E-state index contributed by atoms with van der Waals surface area (Å²) in [5.74, 6) is 1.47. The van der Waals surface area contributed by atoms with Crippen LogP contribution in [0.3, 0.4) is 0 Å². The average Bonchev–Trinajstić information content (AvgIpc) is 2.97. The molecule has 0 radical (unpaired) electrons. The minimum atomic E-state index is -0.221. The lowest BCUT2D eigenvalue weighted by Gasteiger charge is -2.18. The van der Waals surface area contributed by atoms with E-state index in [-0.39, 0.29) is 12.1 Å². The lowest BCUT2D eigenvalue weighted by atomic mass is 10.1. The molecule has 2 unspecified atom stereocenters. The van der Waals surface area contributed by atoms with Gasteiger partial charge in [0.25, 0.3) is 0 Å². The molecular formula is C14H21NO4. The Hall–Kier alpha value is -1.30. The maximum absolute atomic E-state index is 6.15. The molecule has 106 valence electrons. The summed E-state index contributed by atoms with van der Waals surface area (Å²) >= 11 is 0. The van der Waals surface area contributed by atoms with Crippen LogP contribution in [-0.4, -0.2) is 40.1 Å². The zero-order chi connectivity index (χ0) is 13.7. The van der Waals surface area contributed by atoms with Gasteiger partial charge in [0.1, 0.15) is 11.5 Å². The van der Waals surface area contributed by atoms with E-state index in [4.69, 9.17) is 24.7 Å². The monoisotopic (exact) mass is 267 g/mol. The van der Waals surface area contributed by atoms with Crippen LogP contribution in [0, 0.1) is 0 Å². The van der Waals surface area contributed by atoms with Gasteiger partial charge in [-0.15, -0.1) is 0 Å². The Morgan fingerprint density at radius 1 is 1.37 bits per heavy atom. The molecule has 2 atom stereocenters. The molecule has 1 aliphatic heterocycles. The van der Waals surface area contributed by atoms with Crippen molar-refractivity contribution in [2.75, 3.05) is 34.0 Å². The Balaban J connectivity index is 1.98. The van der Waals surface area contributed by atoms with Crippen molar-refractivity contribution in [3.8, 4) is 11.5 Å². The number of ether oxygens (including phenoxy) is 4. The molecule has 2 rings (SSSR count). The maximum atomic E-state index is 6.15. The number of benzene rings is 1. The third-order valence-corrected chi connectivity index (χ3v) is 3.24. The van der Waals surface area contributed by atoms with Crippen molar-refractivity contribution in [1.29, 1.82) is 0 Å². The molecule has 0 bridgehead atoms. The molecule has 1 heterocycles. The van der Waals surface area contributed by atoms with Gasteiger partial charge >= 0.3 is 0 Å². The van der Waals surface area contributed by atoms with Crippen LogP contribution in [0.25, 0.3) is 0 Å². The molecule has 0 aliphatic carbocycles. The van der Waals surface area contributed by atoms with E-state index in [0.717, 1.165) is 30.1 Å². The molecule has 2 N–H and O–H groups in total. The first kappa shape index (κ1) is 14.1. The Bertz CT molecular complexity index is 404. The Morgan fingerprint density at radius 2 is 2.21 bits per heavy atom. The largest absolute Gasteiger partial charge is 0.497 e. The highest BCUT2D eigenvalue weighted by Gasteiger charge is 2.19. The standard InChI is InChI=1S/C14H21NO4/c1-16-10-3-4-12(14(7-10)17-2)13(15)9-19-11-5-6-18-8-11/h3-4,7,11,13H,5-6,8-9,15H2,1-2H3. The normalized spacial score (nSPS) is 20.3. The number of hydrogen-bond acceptors (Lipinski definition) is 5. The van der Waals surface area contributed by atoms with Crippen LogP contribution in [0.2, 0.25) is 0 Å². The lowest BCUT2D eigenvalue weighted by Crippen LogP contribution is -2.23. The quantitative estimate of drug-likeness (QED) is 0.846. The van der Waals surface area contributed by atoms with Crippen LogP contribution < -0.4 is 15.2 Å². The second kappa shape index (κ2) is 6.75. The second-order valence-corrected chi connectivity index (χ2v) is 4.53. The van der Waals surface area contributed by atoms with Gasteiger partial charge in [0.2, 0.25) is 0 Å². The molecule has 1 aromatic carbocycles. The molecule has 0 aromatic heterocycles. The van der Waals surface area contributed by atoms with E-state index in [0.29, 0.717) is 13.2 Å². The summed E-state index contributed by atoms with van der Waals surface area (Å²) < 4.78 is 21.5. The first-order chi connectivity index (χ1) is 9.24. The van der Waals surface area contributed by atoms with Crippen LogP contribution >= 0.6 is 0 Å². The zero-order valence-corrected chi connectivity index (χ0v) is 11.4. The molecule has 5 heteroatoms. The summed E-state index contributed by atoms with van der Waals surface area (Å²) in [7, 11) is 3.24. The fraction of sp³-hybridized carbons (Fsp3) is 0.571. The Morgan fingerprint density at radius 3 is 2.84 bits per heavy atom. The highest BCUT2D eigenvalue weighted by atomic mass is 16.5. The van der Waals surface area contributed by atoms with Gasteiger partial charge in [-0.05, 0) is 18.6 Å². The van der Waals surface area contributed by atoms with E-state index in [1.54, 1.807) is 14.2 Å². The van der Waals surface area contributed by atoms with Gasteiger partial charge in [0.15, 0.2) is 0 Å². The van der Waals surface area contributed by atoms with Crippen molar-refractivity contribution >= 4 is 0 Å². The molecule has 1 aliphatic rings. The third-order valence-electron chi connectivity index (χ3n) is 3.24. The number of methoxy groups -OCH3 is 2. The predicted molar refractivity (Wildman–Crippen MR) is 71.7 cm³/mol. The molecular weight excluding hydrogens is 246 g/mol. The molecule has 1 saturated heterocycles. The van der Waals surface area contributed by atoms with Crippen LogP contribution in [0.5, 0.6) is 11.5 Å². The van der Waals surface area contributed by atoms with Crippen molar-refractivity contribution in [2.24, 2.45) is 5.73 Å². The highest BCUT2D eigenvalue weighted by Crippen LogP contribution is 2.28. The summed E-state index contributed by atoms with van der Waals surface area (Å²) in [4.78, 5) is 0. The van der Waals surface area contributed by atoms with Crippen LogP contribution in [-0.2, 0) is 9.47 Å². The topological polar surface area (TPSA) is 62.9 Å². The minimum Gasteiger partial charge on any atom is -0.497 e. The lowest BCUT2D eigenvalue weighted by molar-refractivity contribution is 0.0347. The Kier molecular flexibility index (Phi) is 5.01. The first-order valence-corrected chi connectivity index (χ1v) is 6.41. The summed E-state index contributed by atoms with van der Waals surface area (Å²) in [6.07, 6.45) is 1.10. The number of hydrogen-bond donors (Lipinski definition) is 1. The van der Waals surface area contributed by atoms with Gasteiger partial charge in [-0.1, -0.05) is 0 Å². The molecule has 0 amide bonds. The minimum absolute atomic E-state index is 0.162. The van der Waals surface area contributed by atoms with E-state index < -0.39 is 0 Å². The van der Waals surface area contributed by atoms with E-state index in [2.05, 4.69) is 0 Å². The van der Waals surface area contributed by atoms with Crippen molar-refractivity contribution in [2.45, 2.75) is 18.6 Å². The molecule has 19 heavy (non-hydrogen) atoms.